The Kier molecular flexibility index (Phi) is 7.68. The number of carbonyl (C=O) groups excluding carboxylic acids is 1. The van der Waals surface area contributed by atoms with Crippen LogP contribution in [0.25, 0.3) is 0 Å². The summed E-state index contributed by atoms with van der Waals surface area (Å²) in [5.74, 6) is -0.536. The topological polar surface area (TPSA) is 125 Å². The van der Waals surface area contributed by atoms with Crippen molar-refractivity contribution < 1.29 is 13.2 Å². The zero-order chi connectivity index (χ0) is 23.0. The van der Waals surface area contributed by atoms with E-state index >= 15 is 0 Å². The Morgan fingerprint density at radius 2 is 1.66 bits per heavy atom. The molecule has 3 rings (SSSR count). The Balaban J connectivity index is 1.65. The Morgan fingerprint density at radius 3 is 2.31 bits per heavy atom. The lowest BCUT2D eigenvalue weighted by molar-refractivity contribution is -0.112. The van der Waals surface area contributed by atoms with E-state index in [0.717, 1.165) is 15.4 Å². The van der Waals surface area contributed by atoms with Crippen LogP contribution in [-0.4, -0.2) is 14.3 Å². The fourth-order valence-electron chi connectivity index (χ4n) is 2.68. The largest absolute Gasteiger partial charge is 0.386 e. The van der Waals surface area contributed by atoms with Gasteiger partial charge in [0, 0.05) is 22.5 Å². The first-order chi connectivity index (χ1) is 15.4. The number of nitrogens with zero attached hydrogens (tertiary/aromatic N) is 1. The second kappa shape index (κ2) is 10.6. The SMILES string of the molecule is N#C/C(=C/NCc1ccc(S(N)(=O)=O)cc1)C(=O)Nc1ccccc1Sc1ccccc1. The predicted octanol–water partition coefficient (Wildman–Crippen LogP) is 3.62. The molecular formula is C23H20N4O3S2. The molecule has 0 atom stereocenters. The van der Waals surface area contributed by atoms with Crippen LogP contribution in [0.5, 0.6) is 0 Å². The third-order valence-electron chi connectivity index (χ3n) is 4.28. The van der Waals surface area contributed by atoms with E-state index < -0.39 is 15.9 Å². The van der Waals surface area contributed by atoms with Crippen LogP contribution in [0.3, 0.4) is 0 Å². The predicted molar refractivity (Wildman–Crippen MR) is 124 cm³/mol. The summed E-state index contributed by atoms with van der Waals surface area (Å²) >= 11 is 1.51. The normalized spacial score (nSPS) is 11.4. The number of para-hydroxylation sites is 1. The van der Waals surface area contributed by atoms with Crippen molar-refractivity contribution in [2.24, 2.45) is 5.14 Å². The summed E-state index contributed by atoms with van der Waals surface area (Å²) < 4.78 is 22.6. The van der Waals surface area contributed by atoms with E-state index in [9.17, 15) is 18.5 Å². The van der Waals surface area contributed by atoms with E-state index in [-0.39, 0.29) is 10.5 Å². The molecule has 1 amide bonds. The van der Waals surface area contributed by atoms with E-state index in [1.807, 2.05) is 54.6 Å². The lowest BCUT2D eigenvalue weighted by Gasteiger charge is -2.10. The molecule has 0 saturated heterocycles. The third kappa shape index (κ3) is 6.46. The second-order valence-electron chi connectivity index (χ2n) is 6.61. The Labute approximate surface area is 191 Å². The van der Waals surface area contributed by atoms with Crippen molar-refractivity contribution >= 4 is 33.4 Å². The van der Waals surface area contributed by atoms with Crippen LogP contribution < -0.4 is 15.8 Å². The number of anilines is 1. The number of nitrogens with two attached hydrogens (primary N) is 1. The number of benzene rings is 3. The summed E-state index contributed by atoms with van der Waals surface area (Å²) in [7, 11) is -3.75. The van der Waals surface area contributed by atoms with Gasteiger partial charge in [-0.05, 0) is 42.0 Å². The highest BCUT2D eigenvalue weighted by Crippen LogP contribution is 2.33. The van der Waals surface area contributed by atoms with Crippen LogP contribution >= 0.6 is 11.8 Å². The molecule has 0 radical (unpaired) electrons. The fraction of sp³-hybridized carbons (Fsp3) is 0.0435. The minimum atomic E-state index is -3.75. The van der Waals surface area contributed by atoms with Gasteiger partial charge in [-0.15, -0.1) is 0 Å². The summed E-state index contributed by atoms with van der Waals surface area (Å²) in [5, 5.41) is 20.2. The molecule has 0 saturated carbocycles. The number of hydrogen-bond donors (Lipinski definition) is 3. The number of amides is 1. The molecule has 0 unspecified atom stereocenters. The van der Waals surface area contributed by atoms with Crippen LogP contribution in [-0.2, 0) is 21.4 Å². The fourth-order valence-corrected chi connectivity index (χ4v) is 4.12. The highest BCUT2D eigenvalue weighted by atomic mass is 32.2. The van der Waals surface area contributed by atoms with Gasteiger partial charge in [-0.1, -0.05) is 54.2 Å². The van der Waals surface area contributed by atoms with Crippen molar-refractivity contribution in [3.8, 4) is 6.07 Å². The Morgan fingerprint density at radius 1 is 1.00 bits per heavy atom. The van der Waals surface area contributed by atoms with Crippen LogP contribution in [0.15, 0.2) is 105 Å². The molecule has 0 bridgehead atoms. The smallest absolute Gasteiger partial charge is 0.267 e. The minimum Gasteiger partial charge on any atom is -0.386 e. The highest BCUT2D eigenvalue weighted by molar-refractivity contribution is 7.99. The number of rotatable bonds is 8. The van der Waals surface area contributed by atoms with Crippen molar-refractivity contribution in [2.45, 2.75) is 21.2 Å². The first kappa shape index (κ1) is 23.1. The lowest BCUT2D eigenvalue weighted by atomic mass is 10.2. The zero-order valence-electron chi connectivity index (χ0n) is 16.9. The lowest BCUT2D eigenvalue weighted by Crippen LogP contribution is -2.17. The van der Waals surface area contributed by atoms with Gasteiger partial charge >= 0.3 is 0 Å². The second-order valence-corrected chi connectivity index (χ2v) is 9.28. The quantitative estimate of drug-likeness (QED) is 0.345. The van der Waals surface area contributed by atoms with Gasteiger partial charge in [0.1, 0.15) is 11.6 Å². The average Bonchev–Trinajstić information content (AvgIpc) is 2.78. The standard InChI is InChI=1S/C23H20N4O3S2/c24-14-18(16-26-15-17-10-12-20(13-11-17)32(25,29)30)23(28)27-21-8-4-5-9-22(21)31-19-6-2-1-3-7-19/h1-13,16,26H,15H2,(H,27,28)(H2,25,29,30)/b18-16-. The maximum absolute atomic E-state index is 12.6. The van der Waals surface area contributed by atoms with Gasteiger partial charge in [-0.3, -0.25) is 4.79 Å². The molecule has 0 fully saturated rings. The third-order valence-corrected chi connectivity index (χ3v) is 6.29. The average molecular weight is 465 g/mol. The maximum atomic E-state index is 12.6. The summed E-state index contributed by atoms with van der Waals surface area (Å²) in [4.78, 5) is 14.5. The molecule has 0 spiro atoms. The highest BCUT2D eigenvalue weighted by Gasteiger charge is 2.12. The van der Waals surface area contributed by atoms with Crippen molar-refractivity contribution in [1.29, 1.82) is 5.26 Å². The van der Waals surface area contributed by atoms with Crippen molar-refractivity contribution in [3.63, 3.8) is 0 Å². The number of carbonyl (C=O) groups is 1. The summed E-state index contributed by atoms with van der Waals surface area (Å²) in [5.41, 5.74) is 1.27. The molecule has 3 aromatic carbocycles. The van der Waals surface area contributed by atoms with Gasteiger partial charge in [-0.25, -0.2) is 13.6 Å². The summed E-state index contributed by atoms with van der Waals surface area (Å²) in [6.07, 6.45) is 1.33. The zero-order valence-corrected chi connectivity index (χ0v) is 18.5. The first-order valence-corrected chi connectivity index (χ1v) is 11.8. The van der Waals surface area contributed by atoms with Gasteiger partial charge in [0.05, 0.1) is 10.6 Å². The van der Waals surface area contributed by atoms with Gasteiger partial charge in [-0.2, -0.15) is 5.26 Å². The number of sulfonamides is 1. The van der Waals surface area contributed by atoms with E-state index in [1.165, 1.54) is 30.1 Å². The van der Waals surface area contributed by atoms with Gasteiger partial charge < -0.3 is 10.6 Å². The van der Waals surface area contributed by atoms with Gasteiger partial charge in [0.2, 0.25) is 10.0 Å². The molecule has 3 aromatic rings. The van der Waals surface area contributed by atoms with Gasteiger partial charge in [0.15, 0.2) is 0 Å². The molecule has 32 heavy (non-hydrogen) atoms. The van der Waals surface area contributed by atoms with E-state index in [0.29, 0.717) is 12.2 Å². The first-order valence-electron chi connectivity index (χ1n) is 9.45. The summed E-state index contributed by atoms with van der Waals surface area (Å²) in [6, 6.07) is 25.0. The van der Waals surface area contributed by atoms with Crippen LogP contribution in [0, 0.1) is 11.3 Å². The van der Waals surface area contributed by atoms with E-state index in [4.69, 9.17) is 5.14 Å². The molecule has 0 aromatic heterocycles. The van der Waals surface area contributed by atoms with Crippen LogP contribution in [0.4, 0.5) is 5.69 Å². The van der Waals surface area contributed by atoms with Gasteiger partial charge in [0.25, 0.3) is 5.91 Å². The van der Waals surface area contributed by atoms with E-state index in [1.54, 1.807) is 18.2 Å². The maximum Gasteiger partial charge on any atom is 0.267 e. The molecule has 0 aliphatic carbocycles. The van der Waals surface area contributed by atoms with Crippen molar-refractivity contribution in [2.75, 3.05) is 5.32 Å². The number of primary sulfonamides is 1. The molecular weight excluding hydrogens is 444 g/mol. The monoisotopic (exact) mass is 464 g/mol. The molecule has 0 aliphatic heterocycles. The molecule has 9 heteroatoms. The number of nitriles is 1. The van der Waals surface area contributed by atoms with Crippen molar-refractivity contribution in [1.82, 2.24) is 5.32 Å². The van der Waals surface area contributed by atoms with Crippen LogP contribution in [0.2, 0.25) is 0 Å². The van der Waals surface area contributed by atoms with Crippen molar-refractivity contribution in [3.05, 3.63) is 96.2 Å². The van der Waals surface area contributed by atoms with E-state index in [2.05, 4.69) is 10.6 Å². The number of nitrogens with one attached hydrogen (secondary N) is 2. The van der Waals surface area contributed by atoms with Crippen LogP contribution in [0.1, 0.15) is 5.56 Å². The molecule has 4 N–H and O–H groups in total. The summed E-state index contributed by atoms with van der Waals surface area (Å²) in [6.45, 7) is 0.295. The molecule has 162 valence electrons. The minimum absolute atomic E-state index is 0.0147. The Bertz CT molecular complexity index is 1270. The molecule has 0 aliphatic rings. The number of hydrogen-bond acceptors (Lipinski definition) is 6. The molecule has 0 heterocycles. The molecule has 7 nitrogen and oxygen atoms in total. The Hall–Kier alpha value is -3.58.